The van der Waals surface area contributed by atoms with Gasteiger partial charge in [-0.2, -0.15) is 0 Å². The third-order valence-electron chi connectivity index (χ3n) is 4.31. The van der Waals surface area contributed by atoms with Crippen LogP contribution in [-0.2, 0) is 5.60 Å². The van der Waals surface area contributed by atoms with Crippen LogP contribution in [0.4, 0.5) is 0 Å². The van der Waals surface area contributed by atoms with Gasteiger partial charge in [0.05, 0.1) is 0 Å². The van der Waals surface area contributed by atoms with Crippen molar-refractivity contribution in [1.29, 1.82) is 0 Å². The summed E-state index contributed by atoms with van der Waals surface area (Å²) in [6.07, 6.45) is 1.65. The van der Waals surface area contributed by atoms with Crippen molar-refractivity contribution >= 4 is 0 Å². The van der Waals surface area contributed by atoms with Gasteiger partial charge in [0.2, 0.25) is 0 Å². The summed E-state index contributed by atoms with van der Waals surface area (Å²) in [7, 11) is 4.16. The van der Waals surface area contributed by atoms with Gasteiger partial charge in [0, 0.05) is 6.04 Å². The molecule has 0 fully saturated rings. The van der Waals surface area contributed by atoms with E-state index in [-0.39, 0.29) is 0 Å². The van der Waals surface area contributed by atoms with Gasteiger partial charge in [0.25, 0.3) is 0 Å². The third kappa shape index (κ3) is 3.72. The number of benzene rings is 2. The summed E-state index contributed by atoms with van der Waals surface area (Å²) >= 11 is 0. The largest absolute Gasteiger partial charge is 0.380 e. The van der Waals surface area contributed by atoms with E-state index in [9.17, 15) is 5.11 Å². The van der Waals surface area contributed by atoms with Crippen LogP contribution in [0, 0.1) is 0 Å². The molecule has 2 aromatic rings. The molecule has 0 heterocycles. The van der Waals surface area contributed by atoms with Crippen molar-refractivity contribution in [2.45, 2.75) is 31.4 Å². The number of hydrogen-bond donors (Lipinski definition) is 1. The summed E-state index contributed by atoms with van der Waals surface area (Å²) in [5.74, 6) is 0. The Morgan fingerprint density at radius 3 is 1.71 bits per heavy atom. The minimum Gasteiger partial charge on any atom is -0.380 e. The minimum absolute atomic E-state index is 0.434. The van der Waals surface area contributed by atoms with Crippen LogP contribution in [0.25, 0.3) is 0 Å². The first kappa shape index (κ1) is 15.7. The normalized spacial score (nSPS) is 13.4. The molecule has 2 heteroatoms. The smallest absolute Gasteiger partial charge is 0.115 e. The molecule has 0 aliphatic rings. The van der Waals surface area contributed by atoms with Gasteiger partial charge in [0.1, 0.15) is 5.60 Å². The Morgan fingerprint density at radius 1 is 0.905 bits per heavy atom. The number of rotatable bonds is 6. The predicted octanol–water partition coefficient (Wildman–Crippen LogP) is 3.65. The van der Waals surface area contributed by atoms with Crippen LogP contribution >= 0.6 is 0 Å². The first-order valence-corrected chi connectivity index (χ1v) is 7.54. The lowest BCUT2D eigenvalue weighted by Gasteiger charge is -2.32. The molecule has 0 spiro atoms. The zero-order valence-corrected chi connectivity index (χ0v) is 13.2. The van der Waals surface area contributed by atoms with E-state index >= 15 is 0 Å². The van der Waals surface area contributed by atoms with Crippen LogP contribution in [0.1, 0.15) is 30.9 Å². The second kappa shape index (κ2) is 6.88. The quantitative estimate of drug-likeness (QED) is 0.874. The van der Waals surface area contributed by atoms with E-state index in [1.807, 2.05) is 60.7 Å². The van der Waals surface area contributed by atoms with Crippen molar-refractivity contribution < 1.29 is 5.11 Å². The molecule has 0 saturated heterocycles. The van der Waals surface area contributed by atoms with Crippen molar-refractivity contribution in [3.05, 3.63) is 71.8 Å². The Balaban J connectivity index is 2.31. The zero-order chi connectivity index (χ0) is 15.3. The fourth-order valence-corrected chi connectivity index (χ4v) is 2.56. The lowest BCUT2D eigenvalue weighted by Crippen LogP contribution is -2.32. The molecule has 0 saturated carbocycles. The highest BCUT2D eigenvalue weighted by atomic mass is 16.3. The Bertz CT molecular complexity index is 497. The lowest BCUT2D eigenvalue weighted by atomic mass is 9.82. The highest BCUT2D eigenvalue weighted by molar-refractivity contribution is 5.35. The first-order chi connectivity index (χ1) is 10.0. The average Bonchev–Trinajstić information content (AvgIpc) is 2.53. The molecule has 0 aliphatic heterocycles. The second-order valence-electron chi connectivity index (χ2n) is 5.94. The molecular formula is C19H25NO. The van der Waals surface area contributed by atoms with Crippen LogP contribution in [0.5, 0.6) is 0 Å². The monoisotopic (exact) mass is 283 g/mol. The highest BCUT2D eigenvalue weighted by Gasteiger charge is 2.31. The van der Waals surface area contributed by atoms with Crippen molar-refractivity contribution in [2.75, 3.05) is 14.1 Å². The summed E-state index contributed by atoms with van der Waals surface area (Å²) in [5, 5.41) is 11.4. The van der Waals surface area contributed by atoms with Gasteiger partial charge in [-0.3, -0.25) is 0 Å². The molecule has 0 aliphatic carbocycles. The molecule has 2 aromatic carbocycles. The Hall–Kier alpha value is -1.64. The van der Waals surface area contributed by atoms with Gasteiger partial charge in [-0.15, -0.1) is 0 Å². The highest BCUT2D eigenvalue weighted by Crippen LogP contribution is 2.34. The zero-order valence-electron chi connectivity index (χ0n) is 13.2. The van der Waals surface area contributed by atoms with E-state index in [2.05, 4.69) is 25.9 Å². The van der Waals surface area contributed by atoms with E-state index in [1.165, 1.54) is 0 Å². The van der Waals surface area contributed by atoms with E-state index in [0.29, 0.717) is 12.5 Å². The van der Waals surface area contributed by atoms with Crippen LogP contribution in [0.3, 0.4) is 0 Å². The van der Waals surface area contributed by atoms with Crippen molar-refractivity contribution in [2.24, 2.45) is 0 Å². The summed E-state index contributed by atoms with van der Waals surface area (Å²) in [4.78, 5) is 2.19. The van der Waals surface area contributed by atoms with Crippen molar-refractivity contribution in [1.82, 2.24) is 4.90 Å². The number of nitrogens with zero attached hydrogens (tertiary/aromatic N) is 1. The molecule has 0 amide bonds. The van der Waals surface area contributed by atoms with Gasteiger partial charge >= 0.3 is 0 Å². The van der Waals surface area contributed by atoms with Crippen LogP contribution in [-0.4, -0.2) is 30.1 Å². The molecule has 2 rings (SSSR count). The maximum Gasteiger partial charge on any atom is 0.115 e. The topological polar surface area (TPSA) is 23.5 Å². The molecule has 1 atom stereocenters. The van der Waals surface area contributed by atoms with Gasteiger partial charge in [-0.1, -0.05) is 60.7 Å². The Labute approximate surface area is 128 Å². The predicted molar refractivity (Wildman–Crippen MR) is 88.3 cm³/mol. The van der Waals surface area contributed by atoms with E-state index in [1.54, 1.807) is 0 Å². The maximum atomic E-state index is 11.4. The molecule has 0 radical (unpaired) electrons. The second-order valence-corrected chi connectivity index (χ2v) is 5.94. The first-order valence-electron chi connectivity index (χ1n) is 7.54. The van der Waals surface area contributed by atoms with Crippen LogP contribution in [0.2, 0.25) is 0 Å². The van der Waals surface area contributed by atoms with Gasteiger partial charge < -0.3 is 10.0 Å². The van der Waals surface area contributed by atoms with E-state index in [4.69, 9.17) is 0 Å². The van der Waals surface area contributed by atoms with Crippen molar-refractivity contribution in [3.63, 3.8) is 0 Å². The summed E-state index contributed by atoms with van der Waals surface area (Å²) in [5.41, 5.74) is 0.997. The fourth-order valence-electron chi connectivity index (χ4n) is 2.56. The number of hydrogen-bond acceptors (Lipinski definition) is 2. The standard InChI is InChI=1S/C19H25NO/c1-16(20(2)3)14-15-19(21,17-10-6-4-7-11-17)18-12-8-5-9-13-18/h4-13,16,21H,14-15H2,1-3H3. The lowest BCUT2D eigenvalue weighted by molar-refractivity contribution is 0.0613. The molecule has 112 valence electrons. The fraction of sp³-hybridized carbons (Fsp3) is 0.368. The molecule has 1 unspecified atom stereocenters. The summed E-state index contributed by atoms with van der Waals surface area (Å²) in [6.45, 7) is 2.19. The molecule has 1 N–H and O–H groups in total. The van der Waals surface area contributed by atoms with Crippen LogP contribution < -0.4 is 0 Å². The van der Waals surface area contributed by atoms with E-state index < -0.39 is 5.60 Å². The SMILES string of the molecule is CC(CCC(O)(c1ccccc1)c1ccccc1)N(C)C. The van der Waals surface area contributed by atoms with Gasteiger partial charge in [-0.25, -0.2) is 0 Å². The summed E-state index contributed by atoms with van der Waals surface area (Å²) in [6, 6.07) is 20.4. The molecule has 0 aromatic heterocycles. The van der Waals surface area contributed by atoms with Gasteiger partial charge in [0.15, 0.2) is 0 Å². The van der Waals surface area contributed by atoms with Crippen molar-refractivity contribution in [3.8, 4) is 0 Å². The van der Waals surface area contributed by atoms with Crippen LogP contribution in [0.15, 0.2) is 60.7 Å². The van der Waals surface area contributed by atoms with E-state index in [0.717, 1.165) is 17.5 Å². The average molecular weight is 283 g/mol. The molecule has 0 bridgehead atoms. The third-order valence-corrected chi connectivity index (χ3v) is 4.31. The molecular weight excluding hydrogens is 258 g/mol. The summed E-state index contributed by atoms with van der Waals surface area (Å²) < 4.78 is 0. The Kier molecular flexibility index (Phi) is 5.16. The Morgan fingerprint density at radius 2 is 1.33 bits per heavy atom. The van der Waals surface area contributed by atoms with Gasteiger partial charge in [-0.05, 0) is 45.0 Å². The number of aliphatic hydroxyl groups is 1. The molecule has 21 heavy (non-hydrogen) atoms. The maximum absolute atomic E-state index is 11.4. The molecule has 2 nitrogen and oxygen atoms in total. The minimum atomic E-state index is -0.924.